The lowest BCUT2D eigenvalue weighted by molar-refractivity contribution is 0.102. The number of aromatic nitrogens is 3. The van der Waals surface area contributed by atoms with E-state index in [9.17, 15) is 9.18 Å². The normalized spacial score (nSPS) is 10.5. The number of halogens is 2. The molecule has 6 heteroatoms. The second kappa shape index (κ2) is 4.63. The third kappa shape index (κ3) is 2.06. The summed E-state index contributed by atoms with van der Waals surface area (Å²) in [6, 6.07) is 1.32. The standard InChI is InChI=1S/C11H9ClFN3O/c1-2-16-10(8(12)5-15-16)11(17)7-3-4-14-6-9(7)13/h3-6H,2H2,1H3. The first-order valence-corrected chi connectivity index (χ1v) is 5.38. The lowest BCUT2D eigenvalue weighted by atomic mass is 10.1. The summed E-state index contributed by atoms with van der Waals surface area (Å²) >= 11 is 5.88. The predicted octanol–water partition coefficient (Wildman–Crippen LogP) is 2.32. The van der Waals surface area contributed by atoms with Crippen LogP contribution in [0.3, 0.4) is 0 Å². The predicted molar refractivity (Wildman–Crippen MR) is 60.5 cm³/mol. The molecule has 0 aliphatic heterocycles. The molecule has 2 aromatic rings. The molecule has 0 atom stereocenters. The number of carbonyl (C=O) groups is 1. The highest BCUT2D eigenvalue weighted by Gasteiger charge is 2.21. The molecule has 0 bridgehead atoms. The Morgan fingerprint density at radius 2 is 2.29 bits per heavy atom. The van der Waals surface area contributed by atoms with Gasteiger partial charge in [-0.05, 0) is 13.0 Å². The Morgan fingerprint density at radius 3 is 2.94 bits per heavy atom. The fourth-order valence-corrected chi connectivity index (χ4v) is 1.74. The van der Waals surface area contributed by atoms with Gasteiger partial charge >= 0.3 is 0 Å². The maximum atomic E-state index is 13.4. The van der Waals surface area contributed by atoms with Gasteiger partial charge < -0.3 is 0 Å². The molecular formula is C11H9ClFN3O. The van der Waals surface area contributed by atoms with Crippen molar-refractivity contribution in [2.24, 2.45) is 0 Å². The molecule has 0 unspecified atom stereocenters. The van der Waals surface area contributed by atoms with Crippen LogP contribution >= 0.6 is 11.6 Å². The van der Waals surface area contributed by atoms with E-state index in [1.54, 1.807) is 0 Å². The number of ketones is 1. The van der Waals surface area contributed by atoms with Gasteiger partial charge in [-0.25, -0.2) is 4.39 Å². The molecule has 88 valence electrons. The summed E-state index contributed by atoms with van der Waals surface area (Å²) in [5.74, 6) is -1.16. The first-order valence-electron chi connectivity index (χ1n) is 5.00. The van der Waals surface area contributed by atoms with Crippen LogP contribution < -0.4 is 0 Å². The smallest absolute Gasteiger partial charge is 0.215 e. The van der Waals surface area contributed by atoms with E-state index in [1.165, 1.54) is 23.1 Å². The molecule has 4 nitrogen and oxygen atoms in total. The van der Waals surface area contributed by atoms with Crippen LogP contribution in [0.25, 0.3) is 0 Å². The molecule has 0 aliphatic rings. The molecule has 2 rings (SSSR count). The molecule has 17 heavy (non-hydrogen) atoms. The number of pyridine rings is 1. The molecule has 2 aromatic heterocycles. The van der Waals surface area contributed by atoms with Crippen LogP contribution in [-0.2, 0) is 6.54 Å². The summed E-state index contributed by atoms with van der Waals surface area (Å²) < 4.78 is 14.9. The van der Waals surface area contributed by atoms with Crippen LogP contribution in [0.4, 0.5) is 4.39 Å². The minimum atomic E-state index is -0.669. The first-order chi connectivity index (χ1) is 8.15. The zero-order valence-corrected chi connectivity index (χ0v) is 9.78. The topological polar surface area (TPSA) is 47.8 Å². The summed E-state index contributed by atoms with van der Waals surface area (Å²) in [4.78, 5) is 15.7. The van der Waals surface area contributed by atoms with Crippen LogP contribution in [0.2, 0.25) is 5.02 Å². The molecule has 0 spiro atoms. The molecule has 0 aliphatic carbocycles. The Morgan fingerprint density at radius 1 is 1.53 bits per heavy atom. The van der Waals surface area contributed by atoms with E-state index in [0.717, 1.165) is 6.20 Å². The average Bonchev–Trinajstić information content (AvgIpc) is 2.70. The van der Waals surface area contributed by atoms with Crippen molar-refractivity contribution in [1.29, 1.82) is 0 Å². The SMILES string of the molecule is CCn1ncc(Cl)c1C(=O)c1ccncc1F. The average molecular weight is 254 g/mol. The van der Waals surface area contributed by atoms with Crippen molar-refractivity contribution in [2.75, 3.05) is 0 Å². The largest absolute Gasteiger partial charge is 0.287 e. The van der Waals surface area contributed by atoms with Crippen LogP contribution in [0.5, 0.6) is 0 Å². The van der Waals surface area contributed by atoms with E-state index in [2.05, 4.69) is 10.1 Å². The van der Waals surface area contributed by atoms with Crippen molar-refractivity contribution >= 4 is 17.4 Å². The number of carbonyl (C=O) groups excluding carboxylic acids is 1. The summed E-state index contributed by atoms with van der Waals surface area (Å²) in [7, 11) is 0. The van der Waals surface area contributed by atoms with Crippen LogP contribution in [-0.4, -0.2) is 20.5 Å². The second-order valence-corrected chi connectivity index (χ2v) is 3.75. The van der Waals surface area contributed by atoms with E-state index in [1.807, 2.05) is 6.92 Å². The molecule has 0 amide bonds. The summed E-state index contributed by atoms with van der Waals surface area (Å²) in [6.45, 7) is 2.31. The van der Waals surface area contributed by atoms with Gasteiger partial charge in [-0.15, -0.1) is 0 Å². The summed E-state index contributed by atoms with van der Waals surface area (Å²) in [6.07, 6.45) is 3.72. The van der Waals surface area contributed by atoms with Crippen molar-refractivity contribution in [3.8, 4) is 0 Å². The zero-order valence-electron chi connectivity index (χ0n) is 9.02. The van der Waals surface area contributed by atoms with E-state index in [0.29, 0.717) is 6.54 Å². The molecule has 0 fully saturated rings. The van der Waals surface area contributed by atoms with Crippen molar-refractivity contribution in [3.63, 3.8) is 0 Å². The van der Waals surface area contributed by atoms with Crippen LogP contribution in [0.15, 0.2) is 24.7 Å². The minimum absolute atomic E-state index is 0.0582. The van der Waals surface area contributed by atoms with Gasteiger partial charge in [-0.2, -0.15) is 5.10 Å². The van der Waals surface area contributed by atoms with Gasteiger partial charge in [-0.1, -0.05) is 11.6 Å². The van der Waals surface area contributed by atoms with Crippen molar-refractivity contribution in [3.05, 3.63) is 46.8 Å². The summed E-state index contributed by atoms with van der Waals surface area (Å²) in [5, 5.41) is 4.15. The fourth-order valence-electron chi connectivity index (χ4n) is 1.51. The molecule has 0 N–H and O–H groups in total. The van der Waals surface area contributed by atoms with E-state index < -0.39 is 11.6 Å². The van der Waals surface area contributed by atoms with Crippen molar-refractivity contribution in [2.45, 2.75) is 13.5 Å². The fraction of sp³-hybridized carbons (Fsp3) is 0.182. The minimum Gasteiger partial charge on any atom is -0.287 e. The highest BCUT2D eigenvalue weighted by molar-refractivity contribution is 6.34. The number of aryl methyl sites for hydroxylation is 1. The van der Waals surface area contributed by atoms with Gasteiger partial charge in [0.25, 0.3) is 0 Å². The van der Waals surface area contributed by atoms with Gasteiger partial charge in [0.15, 0.2) is 5.82 Å². The second-order valence-electron chi connectivity index (χ2n) is 3.34. The molecule has 0 saturated heterocycles. The third-order valence-electron chi connectivity index (χ3n) is 2.33. The maximum Gasteiger partial charge on any atom is 0.215 e. The van der Waals surface area contributed by atoms with Crippen molar-refractivity contribution in [1.82, 2.24) is 14.8 Å². The lowest BCUT2D eigenvalue weighted by Gasteiger charge is -2.05. The van der Waals surface area contributed by atoms with E-state index in [4.69, 9.17) is 11.6 Å². The number of rotatable bonds is 3. The number of hydrogen-bond donors (Lipinski definition) is 0. The highest BCUT2D eigenvalue weighted by Crippen LogP contribution is 2.20. The Balaban J connectivity index is 2.51. The summed E-state index contributed by atoms with van der Waals surface area (Å²) in [5.41, 5.74) is 0.136. The van der Waals surface area contributed by atoms with Crippen molar-refractivity contribution < 1.29 is 9.18 Å². The third-order valence-corrected chi connectivity index (χ3v) is 2.60. The maximum absolute atomic E-state index is 13.4. The monoisotopic (exact) mass is 253 g/mol. The molecule has 0 radical (unpaired) electrons. The lowest BCUT2D eigenvalue weighted by Crippen LogP contribution is -2.12. The zero-order chi connectivity index (χ0) is 12.4. The van der Waals surface area contributed by atoms with Crippen LogP contribution in [0, 0.1) is 5.82 Å². The Kier molecular flexibility index (Phi) is 3.19. The van der Waals surface area contributed by atoms with Crippen LogP contribution in [0.1, 0.15) is 23.0 Å². The Labute approximate surface area is 102 Å². The van der Waals surface area contributed by atoms with Gasteiger partial charge in [0, 0.05) is 12.7 Å². The quantitative estimate of drug-likeness (QED) is 0.789. The highest BCUT2D eigenvalue weighted by atomic mass is 35.5. The molecule has 0 aromatic carbocycles. The number of hydrogen-bond acceptors (Lipinski definition) is 3. The van der Waals surface area contributed by atoms with Gasteiger partial charge in [0.1, 0.15) is 5.69 Å². The Hall–Kier alpha value is -1.75. The molecular weight excluding hydrogens is 245 g/mol. The van der Waals surface area contributed by atoms with Gasteiger partial charge in [-0.3, -0.25) is 14.5 Å². The van der Waals surface area contributed by atoms with E-state index >= 15 is 0 Å². The van der Waals surface area contributed by atoms with Gasteiger partial charge in [0.05, 0.1) is 23.0 Å². The van der Waals surface area contributed by atoms with Gasteiger partial charge in [0.2, 0.25) is 5.78 Å². The Bertz CT molecular complexity index is 568. The molecule has 0 saturated carbocycles. The molecule has 2 heterocycles. The number of nitrogens with zero attached hydrogens (tertiary/aromatic N) is 3. The van der Waals surface area contributed by atoms with E-state index in [-0.39, 0.29) is 16.3 Å². The first kappa shape index (κ1) is 11.7.